The Bertz CT molecular complexity index is 962. The van der Waals surface area contributed by atoms with Crippen molar-refractivity contribution in [2.45, 2.75) is 25.3 Å². The molecule has 28 heavy (non-hydrogen) atoms. The number of imidazole rings is 1. The van der Waals surface area contributed by atoms with Crippen molar-refractivity contribution in [3.8, 4) is 0 Å². The van der Waals surface area contributed by atoms with Gasteiger partial charge in [-0.2, -0.15) is 0 Å². The topological polar surface area (TPSA) is 41.4 Å². The van der Waals surface area contributed by atoms with Gasteiger partial charge < -0.3 is 14.4 Å². The standard InChI is InChI=1S/C23H28N4O/c1-25(2)14-15-26-13-11-24-22(26)21-8-5-12-27(17-21)23(28)20-10-9-18-6-3-4-7-19(18)16-20/h3-4,6-7,9-11,13,16,21H,5,8,12,14-15,17H2,1-2H3/t21-/m0/s1. The third-order valence-electron chi connectivity index (χ3n) is 5.61. The molecule has 0 radical (unpaired) electrons. The van der Waals surface area contributed by atoms with Gasteiger partial charge in [0.2, 0.25) is 0 Å². The van der Waals surface area contributed by atoms with Gasteiger partial charge in [0.05, 0.1) is 0 Å². The monoisotopic (exact) mass is 376 g/mol. The molecule has 3 aromatic rings. The Labute approximate surface area is 166 Å². The highest BCUT2D eigenvalue weighted by atomic mass is 16.2. The smallest absolute Gasteiger partial charge is 0.253 e. The number of likely N-dealkylation sites (tertiary alicyclic amines) is 1. The van der Waals surface area contributed by atoms with Crippen LogP contribution in [-0.4, -0.2) is 59.0 Å². The summed E-state index contributed by atoms with van der Waals surface area (Å²) in [6, 6.07) is 14.2. The second-order valence-corrected chi connectivity index (χ2v) is 7.93. The highest BCUT2D eigenvalue weighted by molar-refractivity contribution is 5.98. The van der Waals surface area contributed by atoms with Crippen LogP contribution >= 0.6 is 0 Å². The molecule has 0 spiro atoms. The lowest BCUT2D eigenvalue weighted by molar-refractivity contribution is 0.0703. The number of amides is 1. The number of aromatic nitrogens is 2. The summed E-state index contributed by atoms with van der Waals surface area (Å²) in [5.74, 6) is 1.54. The van der Waals surface area contributed by atoms with Crippen LogP contribution in [0.15, 0.2) is 54.9 Å². The van der Waals surface area contributed by atoms with Crippen LogP contribution in [-0.2, 0) is 6.54 Å². The van der Waals surface area contributed by atoms with Crippen LogP contribution in [0.2, 0.25) is 0 Å². The molecule has 0 unspecified atom stereocenters. The number of piperidine rings is 1. The number of hydrogen-bond donors (Lipinski definition) is 0. The number of benzene rings is 2. The van der Waals surface area contributed by atoms with Crippen molar-refractivity contribution in [3.05, 3.63) is 66.2 Å². The predicted molar refractivity (Wildman–Crippen MR) is 113 cm³/mol. The Balaban J connectivity index is 1.50. The zero-order valence-electron chi connectivity index (χ0n) is 16.7. The molecule has 1 amide bonds. The second kappa shape index (κ2) is 8.15. The molecule has 0 aliphatic carbocycles. The van der Waals surface area contributed by atoms with Crippen molar-refractivity contribution in [2.24, 2.45) is 0 Å². The summed E-state index contributed by atoms with van der Waals surface area (Å²) in [4.78, 5) is 22.0. The predicted octanol–water partition coefficient (Wildman–Crippen LogP) is 3.62. The van der Waals surface area contributed by atoms with Crippen LogP contribution in [0.3, 0.4) is 0 Å². The molecule has 1 aliphatic heterocycles. The number of likely N-dealkylation sites (N-methyl/N-ethyl adjacent to an activating group) is 1. The minimum Gasteiger partial charge on any atom is -0.338 e. The Morgan fingerprint density at radius 1 is 1.18 bits per heavy atom. The van der Waals surface area contributed by atoms with E-state index in [1.165, 1.54) is 5.39 Å². The van der Waals surface area contributed by atoms with Crippen LogP contribution in [0, 0.1) is 0 Å². The van der Waals surface area contributed by atoms with Gasteiger partial charge in [0.1, 0.15) is 5.82 Å². The minimum atomic E-state index is 0.127. The van der Waals surface area contributed by atoms with Gasteiger partial charge in [-0.05, 0) is 49.8 Å². The highest BCUT2D eigenvalue weighted by Crippen LogP contribution is 2.27. The lowest BCUT2D eigenvalue weighted by atomic mass is 9.96. The maximum atomic E-state index is 13.2. The van der Waals surface area contributed by atoms with Crippen LogP contribution in [0.1, 0.15) is 34.9 Å². The van der Waals surface area contributed by atoms with E-state index in [2.05, 4.69) is 46.9 Å². The number of carbonyl (C=O) groups excluding carboxylic acids is 1. The van der Waals surface area contributed by atoms with Crippen molar-refractivity contribution < 1.29 is 4.79 Å². The summed E-state index contributed by atoms with van der Waals surface area (Å²) in [5, 5.41) is 2.28. The van der Waals surface area contributed by atoms with E-state index in [1.807, 2.05) is 41.4 Å². The van der Waals surface area contributed by atoms with Crippen molar-refractivity contribution in [2.75, 3.05) is 33.7 Å². The summed E-state index contributed by atoms with van der Waals surface area (Å²) in [5.41, 5.74) is 0.773. The molecule has 1 atom stereocenters. The average Bonchev–Trinajstić information content (AvgIpc) is 3.20. The molecule has 5 nitrogen and oxygen atoms in total. The first-order valence-corrected chi connectivity index (χ1v) is 10.1. The van der Waals surface area contributed by atoms with E-state index in [-0.39, 0.29) is 5.91 Å². The summed E-state index contributed by atoms with van der Waals surface area (Å²) >= 11 is 0. The summed E-state index contributed by atoms with van der Waals surface area (Å²) in [7, 11) is 4.17. The van der Waals surface area contributed by atoms with E-state index in [0.717, 1.165) is 55.8 Å². The summed E-state index contributed by atoms with van der Waals surface area (Å²) in [6.45, 7) is 3.47. The zero-order chi connectivity index (χ0) is 19.5. The summed E-state index contributed by atoms with van der Waals surface area (Å²) < 4.78 is 2.24. The van der Waals surface area contributed by atoms with Gasteiger partial charge in [-0.3, -0.25) is 4.79 Å². The van der Waals surface area contributed by atoms with Gasteiger partial charge in [-0.1, -0.05) is 30.3 Å². The van der Waals surface area contributed by atoms with E-state index in [9.17, 15) is 4.79 Å². The fourth-order valence-electron chi connectivity index (χ4n) is 4.05. The molecule has 0 N–H and O–H groups in total. The molecule has 1 aliphatic rings. The number of carbonyl (C=O) groups is 1. The molecule has 4 rings (SSSR count). The molecule has 1 aromatic heterocycles. The number of rotatable bonds is 5. The molecule has 5 heteroatoms. The average molecular weight is 377 g/mol. The van der Waals surface area contributed by atoms with Gasteiger partial charge >= 0.3 is 0 Å². The highest BCUT2D eigenvalue weighted by Gasteiger charge is 2.28. The Hall–Kier alpha value is -2.66. The van der Waals surface area contributed by atoms with Crippen LogP contribution < -0.4 is 0 Å². The number of hydrogen-bond acceptors (Lipinski definition) is 3. The molecule has 0 bridgehead atoms. The molecule has 1 saturated heterocycles. The SMILES string of the molecule is CN(C)CCn1ccnc1[C@H]1CCCN(C(=O)c2ccc3ccccc3c2)C1. The van der Waals surface area contributed by atoms with Gasteiger partial charge in [0.25, 0.3) is 5.91 Å². The Morgan fingerprint density at radius 3 is 2.82 bits per heavy atom. The Morgan fingerprint density at radius 2 is 2.00 bits per heavy atom. The third-order valence-corrected chi connectivity index (χ3v) is 5.61. The van der Waals surface area contributed by atoms with E-state index >= 15 is 0 Å². The van der Waals surface area contributed by atoms with Gasteiger partial charge in [-0.15, -0.1) is 0 Å². The van der Waals surface area contributed by atoms with Crippen molar-refractivity contribution in [3.63, 3.8) is 0 Å². The van der Waals surface area contributed by atoms with E-state index in [1.54, 1.807) is 0 Å². The summed E-state index contributed by atoms with van der Waals surface area (Å²) in [6.07, 6.45) is 6.04. The number of fused-ring (bicyclic) bond motifs is 1. The van der Waals surface area contributed by atoms with Crippen LogP contribution in [0.4, 0.5) is 0 Å². The first kappa shape index (κ1) is 18.7. The molecule has 0 saturated carbocycles. The maximum Gasteiger partial charge on any atom is 0.253 e. The molecule has 146 valence electrons. The first-order valence-electron chi connectivity index (χ1n) is 10.1. The van der Waals surface area contributed by atoms with Gasteiger partial charge in [-0.25, -0.2) is 4.98 Å². The minimum absolute atomic E-state index is 0.127. The first-order chi connectivity index (χ1) is 13.6. The van der Waals surface area contributed by atoms with Crippen molar-refractivity contribution >= 4 is 16.7 Å². The molecular weight excluding hydrogens is 348 g/mol. The fourth-order valence-corrected chi connectivity index (χ4v) is 4.05. The lowest BCUT2D eigenvalue weighted by Crippen LogP contribution is -2.39. The lowest BCUT2D eigenvalue weighted by Gasteiger charge is -2.33. The molecule has 2 aromatic carbocycles. The van der Waals surface area contributed by atoms with E-state index in [4.69, 9.17) is 0 Å². The van der Waals surface area contributed by atoms with E-state index < -0.39 is 0 Å². The van der Waals surface area contributed by atoms with Gasteiger partial charge in [0, 0.05) is 50.1 Å². The largest absolute Gasteiger partial charge is 0.338 e. The van der Waals surface area contributed by atoms with Crippen LogP contribution in [0.25, 0.3) is 10.8 Å². The Kier molecular flexibility index (Phi) is 5.44. The normalized spacial score (nSPS) is 17.4. The molecule has 2 heterocycles. The van der Waals surface area contributed by atoms with Crippen molar-refractivity contribution in [1.29, 1.82) is 0 Å². The second-order valence-electron chi connectivity index (χ2n) is 7.93. The third kappa shape index (κ3) is 3.94. The van der Waals surface area contributed by atoms with Gasteiger partial charge in [0.15, 0.2) is 0 Å². The van der Waals surface area contributed by atoms with Crippen LogP contribution in [0.5, 0.6) is 0 Å². The fraction of sp³-hybridized carbons (Fsp3) is 0.391. The molecule has 1 fully saturated rings. The maximum absolute atomic E-state index is 13.2. The zero-order valence-corrected chi connectivity index (χ0v) is 16.7. The quantitative estimate of drug-likeness (QED) is 0.683. The number of nitrogens with zero attached hydrogens (tertiary/aromatic N) is 4. The van der Waals surface area contributed by atoms with Crippen molar-refractivity contribution in [1.82, 2.24) is 19.4 Å². The van der Waals surface area contributed by atoms with E-state index in [0.29, 0.717) is 5.92 Å². The molecular formula is C23H28N4O.